The largest absolute Gasteiger partial charge is 0.388 e. The van der Waals surface area contributed by atoms with Crippen molar-refractivity contribution in [1.29, 1.82) is 0 Å². The number of hydrogen-bond acceptors (Lipinski definition) is 3. The normalized spacial score (nSPS) is 14.1. The van der Waals surface area contributed by atoms with Crippen LogP contribution in [0.3, 0.4) is 0 Å². The van der Waals surface area contributed by atoms with Gasteiger partial charge in [-0.25, -0.2) is 0 Å². The highest BCUT2D eigenvalue weighted by Gasteiger charge is 2.16. The zero-order valence-electron chi connectivity index (χ0n) is 15.2. The van der Waals surface area contributed by atoms with Crippen LogP contribution >= 0.6 is 0 Å². The molecule has 0 aliphatic carbocycles. The van der Waals surface area contributed by atoms with E-state index in [-0.39, 0.29) is 0 Å². The van der Waals surface area contributed by atoms with Crippen LogP contribution in [0.5, 0.6) is 0 Å². The Morgan fingerprint density at radius 1 is 1.07 bits per heavy atom. The quantitative estimate of drug-likeness (QED) is 0.678. The molecule has 2 N–H and O–H groups in total. The number of amides is 1. The minimum Gasteiger partial charge on any atom is -0.388 e. The van der Waals surface area contributed by atoms with E-state index in [4.69, 9.17) is 0 Å². The maximum Gasteiger partial charge on any atom is 0.210 e. The summed E-state index contributed by atoms with van der Waals surface area (Å²) in [6.45, 7) is 1.36. The van der Waals surface area contributed by atoms with Crippen molar-refractivity contribution in [2.24, 2.45) is 0 Å². The number of aromatic nitrogens is 1. The van der Waals surface area contributed by atoms with Gasteiger partial charge < -0.3 is 15.2 Å². The molecular weight excluding hydrogens is 338 g/mol. The van der Waals surface area contributed by atoms with Gasteiger partial charge in [-0.15, -0.1) is 0 Å². The number of carbonyl (C=O) groups is 2. The fourth-order valence-electron chi connectivity index (χ4n) is 3.63. The zero-order valence-corrected chi connectivity index (χ0v) is 15.2. The lowest BCUT2D eigenvalue weighted by molar-refractivity contribution is -0.117. The van der Waals surface area contributed by atoms with Gasteiger partial charge >= 0.3 is 0 Å². The van der Waals surface area contributed by atoms with Crippen molar-refractivity contribution in [3.63, 3.8) is 0 Å². The molecular formula is C22H21N3O2. The van der Waals surface area contributed by atoms with E-state index in [0.717, 1.165) is 64.5 Å². The van der Waals surface area contributed by atoms with Crippen LogP contribution in [-0.4, -0.2) is 42.7 Å². The number of rotatable bonds is 5. The van der Waals surface area contributed by atoms with Gasteiger partial charge in [0.05, 0.1) is 5.69 Å². The predicted molar refractivity (Wildman–Crippen MR) is 109 cm³/mol. The molecule has 0 unspecified atom stereocenters. The molecule has 5 nitrogen and oxygen atoms in total. The van der Waals surface area contributed by atoms with Crippen molar-refractivity contribution < 1.29 is 9.59 Å². The summed E-state index contributed by atoms with van der Waals surface area (Å²) < 4.78 is 0. The van der Waals surface area contributed by atoms with Gasteiger partial charge in [0.2, 0.25) is 6.41 Å². The first-order valence-corrected chi connectivity index (χ1v) is 9.00. The van der Waals surface area contributed by atoms with Crippen molar-refractivity contribution in [1.82, 2.24) is 9.88 Å². The van der Waals surface area contributed by atoms with Gasteiger partial charge in [0.1, 0.15) is 0 Å². The molecule has 0 fully saturated rings. The maximum absolute atomic E-state index is 11.3. The highest BCUT2D eigenvalue weighted by Crippen LogP contribution is 2.34. The Morgan fingerprint density at radius 2 is 1.89 bits per heavy atom. The third kappa shape index (κ3) is 3.24. The summed E-state index contributed by atoms with van der Waals surface area (Å²) in [5.41, 5.74) is 6.88. The molecule has 0 radical (unpaired) electrons. The summed E-state index contributed by atoms with van der Waals surface area (Å²) in [6, 6.07) is 14.3. The lowest BCUT2D eigenvalue weighted by Gasteiger charge is -2.24. The van der Waals surface area contributed by atoms with Crippen molar-refractivity contribution in [3.05, 3.63) is 59.8 Å². The van der Waals surface area contributed by atoms with Crippen LogP contribution in [0, 0.1) is 0 Å². The van der Waals surface area contributed by atoms with Crippen molar-refractivity contribution in [2.45, 2.75) is 6.42 Å². The molecule has 5 heteroatoms. The third-order valence-corrected chi connectivity index (χ3v) is 5.07. The van der Waals surface area contributed by atoms with Crippen LogP contribution in [0.25, 0.3) is 27.6 Å². The Kier molecular flexibility index (Phi) is 4.50. The first-order valence-electron chi connectivity index (χ1n) is 9.00. The molecule has 2 heterocycles. The minimum atomic E-state index is 0.558. The second-order valence-electron chi connectivity index (χ2n) is 6.75. The molecule has 1 aromatic heterocycles. The van der Waals surface area contributed by atoms with Crippen LogP contribution in [0.1, 0.15) is 22.5 Å². The molecule has 0 spiro atoms. The molecule has 0 saturated carbocycles. The van der Waals surface area contributed by atoms with Crippen LogP contribution in [0.2, 0.25) is 0 Å². The summed E-state index contributed by atoms with van der Waals surface area (Å²) in [5, 5.41) is 4.15. The van der Waals surface area contributed by atoms with Gasteiger partial charge in [-0.3, -0.25) is 9.59 Å². The average Bonchev–Trinajstić information content (AvgIpc) is 3.16. The number of anilines is 1. The lowest BCUT2D eigenvalue weighted by Crippen LogP contribution is -2.27. The Balaban J connectivity index is 1.87. The molecule has 0 atom stereocenters. The standard InChI is InChI=1S/C22H21N3O2/c1-23-18-6-4-15(5-7-18)20-9-17(16-3-2-8-25(12-16)14-27)10-22-21(20)11-19(13-26)24-22/h3-7,9-11,13-14,23-24H,2,8,12H2,1H3. The molecule has 27 heavy (non-hydrogen) atoms. The van der Waals surface area contributed by atoms with E-state index < -0.39 is 0 Å². The van der Waals surface area contributed by atoms with Gasteiger partial charge in [0.25, 0.3) is 0 Å². The molecule has 1 aliphatic rings. The van der Waals surface area contributed by atoms with Crippen LogP contribution in [0.4, 0.5) is 5.69 Å². The minimum absolute atomic E-state index is 0.558. The predicted octanol–water partition coefficient (Wildman–Crippen LogP) is 3.93. The highest BCUT2D eigenvalue weighted by molar-refractivity contribution is 6.00. The number of nitrogens with one attached hydrogen (secondary N) is 2. The molecule has 1 aliphatic heterocycles. The number of H-pyrrole nitrogens is 1. The van der Waals surface area contributed by atoms with E-state index in [2.05, 4.69) is 40.6 Å². The summed E-state index contributed by atoms with van der Waals surface area (Å²) in [7, 11) is 1.89. The van der Waals surface area contributed by atoms with Gasteiger partial charge in [0, 0.05) is 36.7 Å². The Labute approximate surface area is 157 Å². The summed E-state index contributed by atoms with van der Waals surface area (Å²) in [6.07, 6.45) is 4.78. The summed E-state index contributed by atoms with van der Waals surface area (Å²) >= 11 is 0. The molecule has 3 aromatic rings. The number of hydrogen-bond donors (Lipinski definition) is 2. The number of aromatic amines is 1. The Hall–Kier alpha value is -3.34. The van der Waals surface area contributed by atoms with Gasteiger partial charge in [0.15, 0.2) is 6.29 Å². The van der Waals surface area contributed by atoms with E-state index in [9.17, 15) is 9.59 Å². The summed E-state index contributed by atoms with van der Waals surface area (Å²) in [5.74, 6) is 0. The summed E-state index contributed by atoms with van der Waals surface area (Å²) in [4.78, 5) is 27.4. The van der Waals surface area contributed by atoms with Gasteiger partial charge in [-0.05, 0) is 59.0 Å². The topological polar surface area (TPSA) is 65.2 Å². The van der Waals surface area contributed by atoms with Crippen LogP contribution < -0.4 is 5.32 Å². The number of benzene rings is 2. The first-order chi connectivity index (χ1) is 13.2. The van der Waals surface area contributed by atoms with Gasteiger partial charge in [-0.1, -0.05) is 18.2 Å². The van der Waals surface area contributed by atoms with Crippen molar-refractivity contribution in [2.75, 3.05) is 25.5 Å². The zero-order chi connectivity index (χ0) is 18.8. The first kappa shape index (κ1) is 17.1. The average molecular weight is 359 g/mol. The Morgan fingerprint density at radius 3 is 2.59 bits per heavy atom. The van der Waals surface area contributed by atoms with E-state index >= 15 is 0 Å². The molecule has 136 valence electrons. The molecule has 0 bridgehead atoms. The molecule has 4 rings (SSSR count). The van der Waals surface area contributed by atoms with E-state index in [0.29, 0.717) is 12.2 Å². The number of aldehydes is 1. The van der Waals surface area contributed by atoms with Crippen molar-refractivity contribution in [3.8, 4) is 11.1 Å². The van der Waals surface area contributed by atoms with E-state index in [1.165, 1.54) is 0 Å². The smallest absolute Gasteiger partial charge is 0.210 e. The van der Waals surface area contributed by atoms with Gasteiger partial charge in [-0.2, -0.15) is 0 Å². The second-order valence-corrected chi connectivity index (χ2v) is 6.75. The fraction of sp³-hybridized carbons (Fsp3) is 0.182. The SMILES string of the molecule is CNc1ccc(-c2cc(C3=CCCN(C=O)C3)cc3[nH]c(C=O)cc23)cc1. The number of fused-ring (bicyclic) bond motifs is 1. The lowest BCUT2D eigenvalue weighted by atomic mass is 9.94. The monoisotopic (exact) mass is 359 g/mol. The second kappa shape index (κ2) is 7.11. The van der Waals surface area contributed by atoms with E-state index in [1.807, 2.05) is 25.2 Å². The van der Waals surface area contributed by atoms with E-state index in [1.54, 1.807) is 4.90 Å². The van der Waals surface area contributed by atoms with Crippen LogP contribution in [0.15, 0.2) is 48.5 Å². The fourth-order valence-corrected chi connectivity index (χ4v) is 3.63. The molecule has 1 amide bonds. The number of carbonyl (C=O) groups excluding carboxylic acids is 2. The molecule has 0 saturated heterocycles. The number of nitrogens with zero attached hydrogens (tertiary/aromatic N) is 1. The third-order valence-electron chi connectivity index (χ3n) is 5.07. The van der Waals surface area contributed by atoms with Crippen molar-refractivity contribution >= 4 is 34.9 Å². The molecule has 2 aromatic carbocycles. The maximum atomic E-state index is 11.3. The van der Waals surface area contributed by atoms with Crippen LogP contribution in [-0.2, 0) is 4.79 Å². The highest BCUT2D eigenvalue weighted by atomic mass is 16.1. The Bertz CT molecular complexity index is 1030.